The second-order valence-electron chi connectivity index (χ2n) is 6.58. The summed E-state index contributed by atoms with van der Waals surface area (Å²) in [6.45, 7) is -0.132. The Morgan fingerprint density at radius 1 is 1.21 bits per heavy atom. The monoisotopic (exact) mass is 474 g/mol. The van der Waals surface area contributed by atoms with E-state index in [2.05, 4.69) is 31.2 Å². The highest BCUT2D eigenvalue weighted by atomic mass is 79.9. The first kappa shape index (κ1) is 19.8. The van der Waals surface area contributed by atoms with Crippen LogP contribution < -0.4 is 15.8 Å². The van der Waals surface area contributed by atoms with Gasteiger partial charge in [-0.1, -0.05) is 11.6 Å². The molecular formula is C20H16BrClN4O3. The van der Waals surface area contributed by atoms with E-state index < -0.39 is 5.54 Å². The van der Waals surface area contributed by atoms with E-state index in [-0.39, 0.29) is 24.6 Å². The molecular weight excluding hydrogens is 460 g/mol. The molecule has 0 saturated heterocycles. The fourth-order valence-electron chi connectivity index (χ4n) is 3.27. The molecule has 1 amide bonds. The maximum atomic E-state index is 12.5. The minimum absolute atomic E-state index is 0.132. The van der Waals surface area contributed by atoms with Crippen LogP contribution in [0.25, 0.3) is 0 Å². The lowest BCUT2D eigenvalue weighted by Crippen LogP contribution is -2.41. The first-order valence-corrected chi connectivity index (χ1v) is 9.89. The molecule has 1 unspecified atom stereocenters. The average Bonchev–Trinajstić information content (AvgIpc) is 2.70. The normalized spacial score (nSPS) is 17.1. The van der Waals surface area contributed by atoms with Crippen molar-refractivity contribution in [2.45, 2.75) is 12.0 Å². The molecule has 29 heavy (non-hydrogen) atoms. The number of halogens is 2. The summed E-state index contributed by atoms with van der Waals surface area (Å²) in [5.41, 5.74) is 7.76. The van der Waals surface area contributed by atoms with Crippen molar-refractivity contribution >= 4 is 39.1 Å². The van der Waals surface area contributed by atoms with E-state index in [1.165, 1.54) is 12.3 Å². The van der Waals surface area contributed by atoms with Gasteiger partial charge in [-0.25, -0.2) is 9.97 Å². The number of nitrogens with zero attached hydrogens (tertiary/aromatic N) is 2. The third-order valence-electron chi connectivity index (χ3n) is 4.69. The lowest BCUT2D eigenvalue weighted by molar-refractivity contribution is 0.102. The second kappa shape index (κ2) is 7.72. The minimum atomic E-state index is -1.03. The zero-order chi connectivity index (χ0) is 20.6. The first-order chi connectivity index (χ1) is 13.9. The van der Waals surface area contributed by atoms with Crippen molar-refractivity contribution in [2.75, 3.05) is 11.9 Å². The molecule has 3 aromatic rings. The number of aliphatic hydroxyl groups excluding tert-OH is 1. The summed E-state index contributed by atoms with van der Waals surface area (Å²) in [7, 11) is 0. The number of anilines is 1. The molecule has 0 bridgehead atoms. The molecule has 0 saturated carbocycles. The fraction of sp³-hybridized carbons (Fsp3) is 0.150. The smallest absolute Gasteiger partial charge is 0.274 e. The Labute approximate surface area is 180 Å². The SMILES string of the molecule is NC1(CCO)c2cc(NC(=O)c3ccc(Cl)cn3)ccc2Oc2ncc(Br)cc21. The van der Waals surface area contributed by atoms with Crippen molar-refractivity contribution in [2.24, 2.45) is 5.73 Å². The van der Waals surface area contributed by atoms with E-state index in [9.17, 15) is 9.90 Å². The van der Waals surface area contributed by atoms with E-state index in [0.29, 0.717) is 33.5 Å². The molecule has 0 radical (unpaired) electrons. The van der Waals surface area contributed by atoms with E-state index in [1.807, 2.05) is 6.07 Å². The summed E-state index contributed by atoms with van der Waals surface area (Å²) in [6, 6.07) is 10.1. The number of amides is 1. The van der Waals surface area contributed by atoms with Gasteiger partial charge >= 0.3 is 0 Å². The Morgan fingerprint density at radius 3 is 2.76 bits per heavy atom. The van der Waals surface area contributed by atoms with Crippen LogP contribution in [0, 0.1) is 0 Å². The number of benzene rings is 1. The van der Waals surface area contributed by atoms with Crippen molar-refractivity contribution < 1.29 is 14.6 Å². The topological polar surface area (TPSA) is 110 Å². The Hall–Kier alpha value is -2.52. The highest BCUT2D eigenvalue weighted by Crippen LogP contribution is 2.47. The number of fused-ring (bicyclic) bond motifs is 2. The van der Waals surface area contributed by atoms with Gasteiger partial charge in [-0.3, -0.25) is 4.79 Å². The van der Waals surface area contributed by atoms with Crippen molar-refractivity contribution in [1.82, 2.24) is 9.97 Å². The number of hydrogen-bond acceptors (Lipinski definition) is 6. The second-order valence-corrected chi connectivity index (χ2v) is 7.93. The zero-order valence-corrected chi connectivity index (χ0v) is 17.4. The molecule has 148 valence electrons. The van der Waals surface area contributed by atoms with Crippen LogP contribution in [0.1, 0.15) is 28.0 Å². The third-order valence-corrected chi connectivity index (χ3v) is 5.35. The van der Waals surface area contributed by atoms with Crippen molar-refractivity contribution in [3.05, 3.63) is 75.1 Å². The van der Waals surface area contributed by atoms with Crippen molar-refractivity contribution in [3.8, 4) is 11.6 Å². The average molecular weight is 476 g/mol. The van der Waals surface area contributed by atoms with Gasteiger partial charge in [0.25, 0.3) is 5.91 Å². The Kier molecular flexibility index (Phi) is 5.26. The summed E-state index contributed by atoms with van der Waals surface area (Å²) in [6.07, 6.45) is 3.28. The number of carbonyl (C=O) groups is 1. The Balaban J connectivity index is 1.71. The van der Waals surface area contributed by atoms with Gasteiger partial charge < -0.3 is 20.9 Å². The predicted molar refractivity (Wildman–Crippen MR) is 112 cm³/mol. The van der Waals surface area contributed by atoms with Crippen LogP contribution in [0.2, 0.25) is 5.02 Å². The first-order valence-electron chi connectivity index (χ1n) is 8.72. The maximum absolute atomic E-state index is 12.5. The molecule has 1 atom stereocenters. The fourth-order valence-corrected chi connectivity index (χ4v) is 3.72. The van der Waals surface area contributed by atoms with Gasteiger partial charge in [-0.05, 0) is 58.7 Å². The molecule has 3 heterocycles. The van der Waals surface area contributed by atoms with Crippen LogP contribution in [0.5, 0.6) is 11.6 Å². The largest absolute Gasteiger partial charge is 0.438 e. The number of hydrogen-bond donors (Lipinski definition) is 3. The molecule has 4 N–H and O–H groups in total. The highest BCUT2D eigenvalue weighted by molar-refractivity contribution is 9.10. The Bertz CT molecular complexity index is 1090. The number of nitrogens with two attached hydrogens (primary N) is 1. The van der Waals surface area contributed by atoms with E-state index in [4.69, 9.17) is 22.1 Å². The summed E-state index contributed by atoms with van der Waals surface area (Å²) in [5, 5.41) is 12.9. The molecule has 1 aliphatic rings. The van der Waals surface area contributed by atoms with Crippen LogP contribution in [0.15, 0.2) is 53.3 Å². The number of pyridine rings is 2. The van der Waals surface area contributed by atoms with E-state index in [1.54, 1.807) is 30.5 Å². The highest BCUT2D eigenvalue weighted by Gasteiger charge is 2.39. The van der Waals surface area contributed by atoms with Gasteiger partial charge in [0.05, 0.1) is 10.6 Å². The molecule has 2 aromatic heterocycles. The van der Waals surface area contributed by atoms with Crippen LogP contribution >= 0.6 is 27.5 Å². The van der Waals surface area contributed by atoms with Crippen molar-refractivity contribution in [1.29, 1.82) is 0 Å². The third kappa shape index (κ3) is 3.72. The van der Waals surface area contributed by atoms with Gasteiger partial charge in [0, 0.05) is 40.3 Å². The predicted octanol–water partition coefficient (Wildman–Crippen LogP) is 3.84. The molecule has 7 nitrogen and oxygen atoms in total. The van der Waals surface area contributed by atoms with Gasteiger partial charge in [-0.2, -0.15) is 0 Å². The molecule has 0 aliphatic carbocycles. The number of ether oxygens (including phenoxy) is 1. The van der Waals surface area contributed by atoms with Crippen LogP contribution in [0.4, 0.5) is 5.69 Å². The summed E-state index contributed by atoms with van der Waals surface area (Å²) in [5.74, 6) is 0.526. The molecule has 0 fully saturated rings. The lowest BCUT2D eigenvalue weighted by Gasteiger charge is -2.36. The summed E-state index contributed by atoms with van der Waals surface area (Å²) >= 11 is 9.22. The lowest BCUT2D eigenvalue weighted by atomic mass is 9.79. The van der Waals surface area contributed by atoms with E-state index >= 15 is 0 Å². The van der Waals surface area contributed by atoms with Crippen molar-refractivity contribution in [3.63, 3.8) is 0 Å². The number of rotatable bonds is 4. The minimum Gasteiger partial charge on any atom is -0.438 e. The summed E-state index contributed by atoms with van der Waals surface area (Å²) < 4.78 is 6.64. The zero-order valence-electron chi connectivity index (χ0n) is 15.0. The molecule has 9 heteroatoms. The van der Waals surface area contributed by atoms with Crippen LogP contribution in [0.3, 0.4) is 0 Å². The van der Waals surface area contributed by atoms with Gasteiger partial charge in [0.2, 0.25) is 5.88 Å². The van der Waals surface area contributed by atoms with Crippen LogP contribution in [-0.4, -0.2) is 27.6 Å². The van der Waals surface area contributed by atoms with Crippen LogP contribution in [-0.2, 0) is 5.54 Å². The quantitative estimate of drug-likeness (QED) is 0.529. The maximum Gasteiger partial charge on any atom is 0.274 e. The number of aliphatic hydroxyl groups is 1. The van der Waals surface area contributed by atoms with Gasteiger partial charge in [-0.15, -0.1) is 0 Å². The molecule has 4 rings (SSSR count). The number of carbonyl (C=O) groups excluding carboxylic acids is 1. The van der Waals surface area contributed by atoms with Gasteiger partial charge in [0.1, 0.15) is 11.4 Å². The summed E-state index contributed by atoms with van der Waals surface area (Å²) in [4.78, 5) is 20.8. The standard InChI is InChI=1S/C20H16BrClN4O3/c21-11-7-15-19(25-9-11)29-17-4-2-13(8-14(17)20(15,23)5-6-27)26-18(28)16-3-1-12(22)10-24-16/h1-4,7-10,27H,5-6,23H2,(H,26,28). The molecule has 1 aliphatic heterocycles. The number of nitrogens with one attached hydrogen (secondary N) is 1. The Morgan fingerprint density at radius 2 is 2.03 bits per heavy atom. The van der Waals surface area contributed by atoms with E-state index in [0.717, 1.165) is 4.47 Å². The van der Waals surface area contributed by atoms with Gasteiger partial charge in [0.15, 0.2) is 0 Å². The molecule has 0 spiro atoms. The number of aromatic nitrogens is 2. The molecule has 1 aromatic carbocycles.